The first kappa shape index (κ1) is 29.9. The predicted molar refractivity (Wildman–Crippen MR) is 156 cm³/mol. The van der Waals surface area contributed by atoms with Crippen LogP contribution in [0.15, 0.2) is 89.8 Å². The lowest BCUT2D eigenvalue weighted by molar-refractivity contribution is -0.140. The van der Waals surface area contributed by atoms with Crippen molar-refractivity contribution in [1.82, 2.24) is 10.2 Å². The lowest BCUT2D eigenvalue weighted by Gasteiger charge is -2.33. The summed E-state index contributed by atoms with van der Waals surface area (Å²) in [5, 5.41) is 2.90. The second-order valence-electron chi connectivity index (χ2n) is 9.79. The summed E-state index contributed by atoms with van der Waals surface area (Å²) in [5.74, 6) is -0.430. The minimum Gasteiger partial charge on any atom is -0.354 e. The zero-order chi connectivity index (χ0) is 28.4. The first-order valence-corrected chi connectivity index (χ1v) is 14.9. The summed E-state index contributed by atoms with van der Waals surface area (Å²) in [6.07, 6.45) is 1.16. The smallest absolute Gasteiger partial charge is 0.264 e. The van der Waals surface area contributed by atoms with Gasteiger partial charge in [-0.15, -0.1) is 0 Å². The van der Waals surface area contributed by atoms with E-state index in [-0.39, 0.29) is 23.3 Å². The summed E-state index contributed by atoms with van der Waals surface area (Å²) in [7, 11) is -4.07. The van der Waals surface area contributed by atoms with Gasteiger partial charge in [0.1, 0.15) is 12.6 Å². The van der Waals surface area contributed by atoms with Gasteiger partial charge in [0.2, 0.25) is 11.8 Å². The average molecular weight is 550 g/mol. The maximum Gasteiger partial charge on any atom is 0.264 e. The van der Waals surface area contributed by atoms with Crippen molar-refractivity contribution >= 4 is 27.5 Å². The number of benzene rings is 3. The third kappa shape index (κ3) is 7.69. The number of carbonyl (C=O) groups excluding carboxylic acids is 2. The Bertz CT molecular complexity index is 1310. The Morgan fingerprint density at radius 2 is 1.44 bits per heavy atom. The molecule has 0 aliphatic heterocycles. The molecule has 208 valence electrons. The van der Waals surface area contributed by atoms with Crippen LogP contribution >= 0.6 is 0 Å². The van der Waals surface area contributed by atoms with Gasteiger partial charge < -0.3 is 10.2 Å². The quantitative estimate of drug-likeness (QED) is 0.312. The standard InChI is InChI=1S/C31H39N3O4S/c1-5-21-32-31(36)29(6-2)33(22-25-13-9-7-10-14-25)30(35)23-34(27-19-17-26(18-20-27)24(3)4)39(37,38)28-15-11-8-12-16-28/h7-20,24,29H,5-6,21-23H2,1-4H3,(H,32,36)/t29-/m0/s1. The Hall–Kier alpha value is -3.65. The summed E-state index contributed by atoms with van der Waals surface area (Å²) in [6, 6.07) is 24.0. The molecule has 0 spiro atoms. The molecule has 2 amide bonds. The van der Waals surface area contributed by atoms with Crippen molar-refractivity contribution in [3.8, 4) is 0 Å². The molecule has 0 unspecified atom stereocenters. The number of hydrogen-bond donors (Lipinski definition) is 1. The van der Waals surface area contributed by atoms with Crippen LogP contribution in [0.2, 0.25) is 0 Å². The van der Waals surface area contributed by atoms with Crippen molar-refractivity contribution in [1.29, 1.82) is 0 Å². The molecule has 0 bridgehead atoms. The van der Waals surface area contributed by atoms with Gasteiger partial charge in [-0.3, -0.25) is 13.9 Å². The van der Waals surface area contributed by atoms with Crippen LogP contribution in [0.4, 0.5) is 5.69 Å². The molecule has 0 aliphatic carbocycles. The fraction of sp³-hybridized carbons (Fsp3) is 0.355. The summed E-state index contributed by atoms with van der Waals surface area (Å²) >= 11 is 0. The molecule has 7 nitrogen and oxygen atoms in total. The first-order valence-electron chi connectivity index (χ1n) is 13.5. The SMILES string of the molecule is CCCNC(=O)[C@H](CC)N(Cc1ccccc1)C(=O)CN(c1ccc(C(C)C)cc1)S(=O)(=O)c1ccccc1. The number of sulfonamides is 1. The lowest BCUT2D eigenvalue weighted by Crippen LogP contribution is -2.52. The van der Waals surface area contributed by atoms with Crippen LogP contribution in [0.3, 0.4) is 0 Å². The highest BCUT2D eigenvalue weighted by Gasteiger charge is 2.33. The number of hydrogen-bond acceptors (Lipinski definition) is 4. The fourth-order valence-electron chi connectivity index (χ4n) is 4.34. The van der Waals surface area contributed by atoms with E-state index in [1.165, 1.54) is 17.0 Å². The number of amides is 2. The molecule has 39 heavy (non-hydrogen) atoms. The van der Waals surface area contributed by atoms with Crippen LogP contribution in [0.25, 0.3) is 0 Å². The van der Waals surface area contributed by atoms with Gasteiger partial charge in [0, 0.05) is 13.1 Å². The van der Waals surface area contributed by atoms with Gasteiger partial charge >= 0.3 is 0 Å². The normalized spacial score (nSPS) is 12.1. The highest BCUT2D eigenvalue weighted by molar-refractivity contribution is 7.92. The Morgan fingerprint density at radius 1 is 0.846 bits per heavy atom. The minimum atomic E-state index is -4.07. The molecule has 0 aromatic heterocycles. The van der Waals surface area contributed by atoms with E-state index in [0.717, 1.165) is 21.9 Å². The van der Waals surface area contributed by atoms with E-state index in [4.69, 9.17) is 0 Å². The van der Waals surface area contributed by atoms with Gasteiger partial charge in [0.05, 0.1) is 10.6 Å². The van der Waals surface area contributed by atoms with Gasteiger partial charge in [-0.25, -0.2) is 8.42 Å². The van der Waals surface area contributed by atoms with Crippen molar-refractivity contribution in [2.75, 3.05) is 17.4 Å². The third-order valence-electron chi connectivity index (χ3n) is 6.59. The van der Waals surface area contributed by atoms with E-state index in [1.54, 1.807) is 30.3 Å². The first-order chi connectivity index (χ1) is 18.7. The average Bonchev–Trinajstić information content (AvgIpc) is 2.95. The second-order valence-corrected chi connectivity index (χ2v) is 11.7. The maximum absolute atomic E-state index is 14.0. The molecule has 0 radical (unpaired) electrons. The van der Waals surface area contributed by atoms with Gasteiger partial charge in [-0.2, -0.15) is 0 Å². The lowest BCUT2D eigenvalue weighted by atomic mass is 10.0. The van der Waals surface area contributed by atoms with Crippen molar-refractivity contribution in [3.63, 3.8) is 0 Å². The highest BCUT2D eigenvalue weighted by Crippen LogP contribution is 2.26. The molecule has 0 fully saturated rings. The molecule has 0 saturated heterocycles. The summed E-state index contributed by atoms with van der Waals surface area (Å²) < 4.78 is 28.9. The topological polar surface area (TPSA) is 86.8 Å². The Kier molecular flexibility index (Phi) is 10.7. The fourth-order valence-corrected chi connectivity index (χ4v) is 5.77. The minimum absolute atomic E-state index is 0.0908. The van der Waals surface area contributed by atoms with Crippen LogP contribution in [0.5, 0.6) is 0 Å². The van der Waals surface area contributed by atoms with Crippen LogP contribution in [-0.4, -0.2) is 44.3 Å². The summed E-state index contributed by atoms with van der Waals surface area (Å²) in [6.45, 7) is 8.18. The van der Waals surface area contributed by atoms with Crippen molar-refractivity contribution in [3.05, 3.63) is 96.1 Å². The zero-order valence-corrected chi connectivity index (χ0v) is 24.0. The predicted octanol–water partition coefficient (Wildman–Crippen LogP) is 5.34. The molecule has 3 aromatic rings. The van der Waals surface area contributed by atoms with Gasteiger partial charge in [0.25, 0.3) is 10.0 Å². The van der Waals surface area contributed by atoms with Crippen molar-refractivity contribution in [2.45, 2.75) is 63.9 Å². The number of anilines is 1. The molecule has 1 atom stereocenters. The van der Waals surface area contributed by atoms with E-state index in [0.29, 0.717) is 18.7 Å². The maximum atomic E-state index is 14.0. The zero-order valence-electron chi connectivity index (χ0n) is 23.2. The number of rotatable bonds is 13. The molecule has 3 rings (SSSR count). The molecule has 1 N–H and O–H groups in total. The molecule has 0 heterocycles. The Labute approximate surface area is 232 Å². The molecular formula is C31H39N3O4S. The Balaban J connectivity index is 2.03. The summed E-state index contributed by atoms with van der Waals surface area (Å²) in [5.41, 5.74) is 2.30. The van der Waals surface area contributed by atoms with Gasteiger partial charge in [-0.05, 0) is 54.2 Å². The van der Waals surface area contributed by atoms with E-state index >= 15 is 0 Å². The monoisotopic (exact) mass is 549 g/mol. The number of nitrogens with one attached hydrogen (secondary N) is 1. The largest absolute Gasteiger partial charge is 0.354 e. The molecular weight excluding hydrogens is 510 g/mol. The van der Waals surface area contributed by atoms with Crippen LogP contribution < -0.4 is 9.62 Å². The van der Waals surface area contributed by atoms with Crippen LogP contribution in [-0.2, 0) is 26.2 Å². The molecule has 0 saturated carbocycles. The molecule has 0 aliphatic rings. The molecule has 3 aromatic carbocycles. The third-order valence-corrected chi connectivity index (χ3v) is 8.38. The molecule has 8 heteroatoms. The van der Waals surface area contributed by atoms with Gasteiger partial charge in [0.15, 0.2) is 0 Å². The highest BCUT2D eigenvalue weighted by atomic mass is 32.2. The van der Waals surface area contributed by atoms with Crippen molar-refractivity contribution in [2.24, 2.45) is 0 Å². The van der Waals surface area contributed by atoms with Crippen LogP contribution in [0.1, 0.15) is 57.6 Å². The van der Waals surface area contributed by atoms with E-state index in [1.807, 2.05) is 56.3 Å². The second kappa shape index (κ2) is 13.9. The van der Waals surface area contributed by atoms with Crippen LogP contribution in [0, 0.1) is 0 Å². The van der Waals surface area contributed by atoms with Crippen molar-refractivity contribution < 1.29 is 18.0 Å². The Morgan fingerprint density at radius 3 is 1.97 bits per heavy atom. The number of carbonyl (C=O) groups is 2. The van der Waals surface area contributed by atoms with E-state index in [9.17, 15) is 18.0 Å². The number of nitrogens with zero attached hydrogens (tertiary/aromatic N) is 2. The van der Waals surface area contributed by atoms with E-state index in [2.05, 4.69) is 19.2 Å². The summed E-state index contributed by atoms with van der Waals surface area (Å²) in [4.78, 5) is 28.7. The van der Waals surface area contributed by atoms with Gasteiger partial charge in [-0.1, -0.05) is 88.4 Å². The van der Waals surface area contributed by atoms with E-state index < -0.39 is 28.5 Å².